The molecule has 31 heavy (non-hydrogen) atoms. The van der Waals surface area contributed by atoms with Crippen molar-refractivity contribution in [1.82, 2.24) is 18.8 Å². The summed E-state index contributed by atoms with van der Waals surface area (Å²) >= 11 is 0. The molecule has 1 spiro atoms. The zero-order valence-electron chi connectivity index (χ0n) is 18.0. The molecule has 10 heteroatoms. The summed E-state index contributed by atoms with van der Waals surface area (Å²) in [5, 5.41) is 4.15. The van der Waals surface area contributed by atoms with Gasteiger partial charge in [-0.25, -0.2) is 17.7 Å². The van der Waals surface area contributed by atoms with E-state index in [1.165, 1.54) is 17.7 Å². The van der Waals surface area contributed by atoms with E-state index in [2.05, 4.69) is 10.3 Å². The number of rotatable bonds is 5. The minimum absolute atomic E-state index is 0.0927. The summed E-state index contributed by atoms with van der Waals surface area (Å²) < 4.78 is 32.2. The Labute approximate surface area is 181 Å². The molecule has 0 radical (unpaired) electrons. The number of hydrogen-bond donors (Lipinski definition) is 1. The molecule has 2 aromatic rings. The Morgan fingerprint density at radius 1 is 1.19 bits per heavy atom. The molecule has 1 atom stereocenters. The fourth-order valence-corrected chi connectivity index (χ4v) is 6.26. The van der Waals surface area contributed by atoms with E-state index in [0.29, 0.717) is 43.3 Å². The van der Waals surface area contributed by atoms with Crippen LogP contribution in [0.15, 0.2) is 17.1 Å². The number of piperidine rings is 1. The van der Waals surface area contributed by atoms with Gasteiger partial charge in [0, 0.05) is 36.8 Å². The van der Waals surface area contributed by atoms with Gasteiger partial charge in [-0.15, -0.1) is 0 Å². The molecule has 3 aliphatic rings. The van der Waals surface area contributed by atoms with Gasteiger partial charge in [0.2, 0.25) is 16.0 Å². The van der Waals surface area contributed by atoms with Crippen molar-refractivity contribution < 1.29 is 13.2 Å². The number of sulfonamides is 1. The molecule has 5 rings (SSSR count). The van der Waals surface area contributed by atoms with Crippen LogP contribution in [-0.2, 0) is 10.0 Å². The molecule has 0 bridgehead atoms. The van der Waals surface area contributed by atoms with Gasteiger partial charge in [0.05, 0.1) is 13.4 Å². The van der Waals surface area contributed by atoms with E-state index < -0.39 is 10.0 Å². The maximum atomic E-state index is 13.2. The Kier molecular flexibility index (Phi) is 4.97. The number of methoxy groups -OCH3 is 1. The van der Waals surface area contributed by atoms with Gasteiger partial charge in [0.15, 0.2) is 5.75 Å². The van der Waals surface area contributed by atoms with E-state index in [1.807, 2.05) is 4.57 Å². The van der Waals surface area contributed by atoms with Gasteiger partial charge in [-0.2, -0.15) is 4.98 Å². The minimum Gasteiger partial charge on any atom is -0.491 e. The molecule has 3 heterocycles. The summed E-state index contributed by atoms with van der Waals surface area (Å²) in [6.45, 7) is 0.965. The average Bonchev–Trinajstić information content (AvgIpc) is 3.40. The van der Waals surface area contributed by atoms with E-state index >= 15 is 0 Å². The number of anilines is 1. The van der Waals surface area contributed by atoms with Crippen molar-refractivity contribution in [1.29, 1.82) is 0 Å². The molecule has 0 aromatic carbocycles. The Morgan fingerprint density at radius 2 is 1.94 bits per heavy atom. The topological polar surface area (TPSA) is 106 Å². The number of nitrogens with one attached hydrogen (secondary N) is 1. The summed E-state index contributed by atoms with van der Waals surface area (Å²) in [4.78, 5) is 22.5. The molecule has 2 aromatic heterocycles. The van der Waals surface area contributed by atoms with Crippen molar-refractivity contribution in [2.45, 2.75) is 57.0 Å². The summed E-state index contributed by atoms with van der Waals surface area (Å²) in [6.07, 6.45) is 9.97. The third-order valence-electron chi connectivity index (χ3n) is 7.28. The number of pyridine rings is 1. The van der Waals surface area contributed by atoms with Crippen molar-refractivity contribution >= 4 is 27.0 Å². The molecule has 0 unspecified atom stereocenters. The average molecular weight is 448 g/mol. The van der Waals surface area contributed by atoms with Gasteiger partial charge >= 0.3 is 0 Å². The van der Waals surface area contributed by atoms with Gasteiger partial charge < -0.3 is 10.1 Å². The van der Waals surface area contributed by atoms with Crippen molar-refractivity contribution in [3.05, 3.63) is 22.6 Å². The number of hydrogen-bond acceptors (Lipinski definition) is 7. The van der Waals surface area contributed by atoms with E-state index in [9.17, 15) is 13.2 Å². The van der Waals surface area contributed by atoms with Crippen LogP contribution in [0.25, 0.3) is 11.0 Å². The predicted octanol–water partition coefficient (Wildman–Crippen LogP) is 2.14. The van der Waals surface area contributed by atoms with Crippen LogP contribution in [0.5, 0.6) is 5.75 Å². The van der Waals surface area contributed by atoms with Crippen molar-refractivity contribution in [3.63, 3.8) is 0 Å². The highest BCUT2D eigenvalue weighted by Gasteiger charge is 2.53. The Morgan fingerprint density at radius 3 is 2.58 bits per heavy atom. The highest BCUT2D eigenvalue weighted by molar-refractivity contribution is 7.88. The number of ether oxygens (including phenoxy) is 1. The maximum Gasteiger partial charge on any atom is 0.294 e. The second kappa shape index (κ2) is 7.44. The largest absolute Gasteiger partial charge is 0.491 e. The summed E-state index contributed by atoms with van der Waals surface area (Å²) in [5.74, 6) is 0.805. The molecule has 1 N–H and O–H groups in total. The van der Waals surface area contributed by atoms with Crippen LogP contribution in [0.1, 0.15) is 51.0 Å². The van der Waals surface area contributed by atoms with Crippen LogP contribution in [0.4, 0.5) is 5.95 Å². The zero-order chi connectivity index (χ0) is 21.8. The summed E-state index contributed by atoms with van der Waals surface area (Å²) in [5.41, 5.74) is 0.759. The van der Waals surface area contributed by atoms with Crippen LogP contribution in [0.3, 0.4) is 0 Å². The molecule has 168 valence electrons. The second-order valence-corrected chi connectivity index (χ2v) is 11.2. The van der Waals surface area contributed by atoms with E-state index in [4.69, 9.17) is 9.72 Å². The van der Waals surface area contributed by atoms with Crippen LogP contribution in [-0.4, -0.2) is 59.8 Å². The van der Waals surface area contributed by atoms with E-state index in [1.54, 1.807) is 12.3 Å². The summed E-state index contributed by atoms with van der Waals surface area (Å²) in [7, 11) is -1.64. The van der Waals surface area contributed by atoms with Crippen LogP contribution < -0.4 is 15.6 Å². The lowest BCUT2D eigenvalue weighted by atomic mass is 10.00. The number of aromatic nitrogens is 3. The Bertz CT molecular complexity index is 1170. The fraction of sp³-hybridized carbons (Fsp3) is 0.667. The van der Waals surface area contributed by atoms with Crippen molar-refractivity contribution in [3.8, 4) is 5.75 Å². The smallest absolute Gasteiger partial charge is 0.294 e. The molecule has 0 amide bonds. The minimum atomic E-state index is -3.16. The van der Waals surface area contributed by atoms with Gasteiger partial charge in [0.1, 0.15) is 5.65 Å². The lowest BCUT2D eigenvalue weighted by Crippen LogP contribution is -2.42. The van der Waals surface area contributed by atoms with E-state index in [-0.39, 0.29) is 23.1 Å². The first-order chi connectivity index (χ1) is 14.8. The maximum absolute atomic E-state index is 13.2. The fourth-order valence-electron chi connectivity index (χ4n) is 5.38. The highest BCUT2D eigenvalue weighted by atomic mass is 32.2. The molecule has 1 saturated heterocycles. The normalized spacial score (nSPS) is 24.0. The van der Waals surface area contributed by atoms with Crippen LogP contribution in [0.2, 0.25) is 0 Å². The lowest BCUT2D eigenvalue weighted by Gasteiger charge is -2.30. The molecular weight excluding hydrogens is 418 g/mol. The molecule has 3 fully saturated rings. The molecule has 1 aliphatic heterocycles. The molecule has 9 nitrogen and oxygen atoms in total. The van der Waals surface area contributed by atoms with Crippen molar-refractivity contribution in [2.75, 3.05) is 31.8 Å². The van der Waals surface area contributed by atoms with Crippen molar-refractivity contribution in [2.24, 2.45) is 5.41 Å². The highest BCUT2D eigenvalue weighted by Crippen LogP contribution is 2.63. The predicted molar refractivity (Wildman–Crippen MR) is 118 cm³/mol. The summed E-state index contributed by atoms with van der Waals surface area (Å²) in [6, 6.07) is 1.96. The Hall–Kier alpha value is -2.20. The lowest BCUT2D eigenvalue weighted by molar-refractivity contribution is 0.331. The zero-order valence-corrected chi connectivity index (χ0v) is 18.8. The van der Waals surface area contributed by atoms with Crippen LogP contribution in [0, 0.1) is 5.41 Å². The molecular formula is C21H29N5O4S. The third kappa shape index (κ3) is 3.69. The third-order valence-corrected chi connectivity index (χ3v) is 8.58. The number of fused-ring (bicyclic) bond motifs is 1. The van der Waals surface area contributed by atoms with Gasteiger partial charge in [-0.3, -0.25) is 9.36 Å². The van der Waals surface area contributed by atoms with Gasteiger partial charge in [0.25, 0.3) is 5.56 Å². The quantitative estimate of drug-likeness (QED) is 0.748. The first kappa shape index (κ1) is 20.7. The first-order valence-electron chi connectivity index (χ1n) is 11.0. The molecule has 2 aliphatic carbocycles. The second-order valence-electron chi connectivity index (χ2n) is 9.21. The number of nitrogens with zero attached hydrogens (tertiary/aromatic N) is 4. The van der Waals surface area contributed by atoms with Gasteiger partial charge in [-0.05, 0) is 50.0 Å². The Balaban J connectivity index is 1.47. The van der Waals surface area contributed by atoms with Crippen LogP contribution >= 0.6 is 0 Å². The van der Waals surface area contributed by atoms with Gasteiger partial charge in [-0.1, -0.05) is 6.42 Å². The SMILES string of the molecule is COc1cc2cnc(NC3CCN(S(C)(=O)=O)CC3)nc2n([C@H]2CCCC23CC3)c1=O. The first-order valence-corrected chi connectivity index (χ1v) is 12.8. The monoisotopic (exact) mass is 447 g/mol. The molecule has 2 saturated carbocycles. The standard InChI is InChI=1S/C21H29N5O4S/c1-30-16-12-14-13-22-20(23-15-5-10-25(11-6-15)31(2,28)29)24-18(14)26(19(16)27)17-4-3-7-21(17)8-9-21/h12-13,15,17H,3-11H2,1-2H3,(H,22,23,24)/t17-/m0/s1. The van der Waals surface area contributed by atoms with E-state index in [0.717, 1.165) is 37.5 Å².